The van der Waals surface area contributed by atoms with Crippen LogP contribution in [0.2, 0.25) is 5.02 Å². The third-order valence-electron chi connectivity index (χ3n) is 5.26. The van der Waals surface area contributed by atoms with Crippen molar-refractivity contribution in [1.29, 1.82) is 0 Å². The maximum absolute atomic E-state index is 13.4. The summed E-state index contributed by atoms with van der Waals surface area (Å²) in [5.74, 6) is -1.09. The Morgan fingerprint density at radius 2 is 1.83 bits per heavy atom. The average molecular weight is 523 g/mol. The van der Waals surface area contributed by atoms with Gasteiger partial charge >= 0.3 is 17.3 Å². The predicted molar refractivity (Wildman–Crippen MR) is 130 cm³/mol. The molecule has 0 bridgehead atoms. The minimum Gasteiger partial charge on any atom is -0.487 e. The first-order valence-corrected chi connectivity index (χ1v) is 11.3. The van der Waals surface area contributed by atoms with E-state index in [2.05, 4.69) is 10.3 Å². The van der Waals surface area contributed by atoms with Crippen LogP contribution in [0.25, 0.3) is 0 Å². The Morgan fingerprint density at radius 1 is 1.14 bits per heavy atom. The van der Waals surface area contributed by atoms with Gasteiger partial charge in [0.1, 0.15) is 12.4 Å². The highest BCUT2D eigenvalue weighted by atomic mass is 35.5. The number of ether oxygens (including phenoxy) is 2. The number of methoxy groups -OCH3 is 1. The molecule has 3 rings (SSSR count). The van der Waals surface area contributed by atoms with Crippen molar-refractivity contribution in [2.45, 2.75) is 33.4 Å². The van der Waals surface area contributed by atoms with E-state index in [0.29, 0.717) is 21.8 Å². The number of rotatable bonds is 10. The Balaban J connectivity index is 2.01. The first-order valence-electron chi connectivity index (χ1n) is 10.9. The van der Waals surface area contributed by atoms with Gasteiger partial charge in [0.05, 0.1) is 19.6 Å². The molecule has 0 spiro atoms. The summed E-state index contributed by atoms with van der Waals surface area (Å²) >= 11 is 5.96. The SMILES string of the molecule is COC(=O)[C@@H](C)Cn1c(=O)nc(Nc2ccc(OCC(F)F)c(C)c2)n(Cc2ccc(Cl)cc2)c1=O. The van der Waals surface area contributed by atoms with Crippen molar-refractivity contribution < 1.29 is 23.0 Å². The van der Waals surface area contributed by atoms with Gasteiger partial charge in [0, 0.05) is 17.3 Å². The third-order valence-corrected chi connectivity index (χ3v) is 5.51. The molecule has 0 aliphatic rings. The molecule has 1 N–H and O–H groups in total. The number of aromatic nitrogens is 3. The summed E-state index contributed by atoms with van der Waals surface area (Å²) < 4.78 is 36.9. The molecule has 0 fully saturated rings. The van der Waals surface area contributed by atoms with E-state index in [-0.39, 0.29) is 24.8 Å². The Hall–Kier alpha value is -3.73. The van der Waals surface area contributed by atoms with Gasteiger partial charge < -0.3 is 14.8 Å². The molecule has 0 saturated heterocycles. The van der Waals surface area contributed by atoms with Crippen molar-refractivity contribution in [2.75, 3.05) is 19.0 Å². The molecule has 3 aromatic rings. The molecule has 0 unspecified atom stereocenters. The van der Waals surface area contributed by atoms with Crippen LogP contribution in [0.1, 0.15) is 18.1 Å². The number of carbonyl (C=O) groups is 1. The number of hydrogen-bond donors (Lipinski definition) is 1. The molecule has 0 aliphatic carbocycles. The van der Waals surface area contributed by atoms with Crippen molar-refractivity contribution in [1.82, 2.24) is 14.1 Å². The molecule has 192 valence electrons. The molecule has 1 aromatic heterocycles. The molecule has 12 heteroatoms. The van der Waals surface area contributed by atoms with Crippen LogP contribution in [0.3, 0.4) is 0 Å². The summed E-state index contributed by atoms with van der Waals surface area (Å²) in [4.78, 5) is 42.0. The van der Waals surface area contributed by atoms with E-state index in [0.717, 1.165) is 4.57 Å². The zero-order valence-electron chi connectivity index (χ0n) is 19.8. The number of carbonyl (C=O) groups excluding carboxylic acids is 1. The van der Waals surface area contributed by atoms with Crippen molar-refractivity contribution in [3.8, 4) is 5.75 Å². The van der Waals surface area contributed by atoms with E-state index >= 15 is 0 Å². The number of benzene rings is 2. The lowest BCUT2D eigenvalue weighted by molar-refractivity contribution is -0.145. The lowest BCUT2D eigenvalue weighted by Crippen LogP contribution is -2.44. The summed E-state index contributed by atoms with van der Waals surface area (Å²) in [5.41, 5.74) is 0.196. The zero-order chi connectivity index (χ0) is 26.4. The second-order valence-electron chi connectivity index (χ2n) is 8.06. The lowest BCUT2D eigenvalue weighted by Gasteiger charge is -2.17. The van der Waals surface area contributed by atoms with Gasteiger partial charge in [0.2, 0.25) is 5.95 Å². The number of nitrogens with one attached hydrogen (secondary N) is 1. The van der Waals surface area contributed by atoms with Crippen LogP contribution in [-0.2, 0) is 22.6 Å². The van der Waals surface area contributed by atoms with Gasteiger partial charge in [-0.1, -0.05) is 30.7 Å². The summed E-state index contributed by atoms with van der Waals surface area (Å²) in [6, 6.07) is 11.5. The summed E-state index contributed by atoms with van der Waals surface area (Å²) in [5, 5.41) is 3.47. The van der Waals surface area contributed by atoms with E-state index in [9.17, 15) is 23.2 Å². The highest BCUT2D eigenvalue weighted by Gasteiger charge is 2.20. The molecule has 1 atom stereocenters. The fraction of sp³-hybridized carbons (Fsp3) is 0.333. The van der Waals surface area contributed by atoms with E-state index in [1.807, 2.05) is 0 Å². The largest absolute Gasteiger partial charge is 0.487 e. The van der Waals surface area contributed by atoms with Crippen molar-refractivity contribution >= 4 is 29.2 Å². The van der Waals surface area contributed by atoms with Gasteiger partial charge in [-0.3, -0.25) is 9.36 Å². The van der Waals surface area contributed by atoms with Gasteiger partial charge in [0.15, 0.2) is 0 Å². The average Bonchev–Trinajstić information content (AvgIpc) is 2.84. The third kappa shape index (κ3) is 6.69. The fourth-order valence-corrected chi connectivity index (χ4v) is 3.54. The maximum Gasteiger partial charge on any atom is 0.354 e. The van der Waals surface area contributed by atoms with Crippen LogP contribution < -0.4 is 21.4 Å². The van der Waals surface area contributed by atoms with Gasteiger partial charge in [-0.2, -0.15) is 4.98 Å². The Morgan fingerprint density at radius 3 is 2.44 bits per heavy atom. The number of hydrogen-bond acceptors (Lipinski definition) is 7. The molecule has 0 radical (unpaired) electrons. The summed E-state index contributed by atoms with van der Waals surface area (Å²) in [7, 11) is 1.22. The standard InChI is InChI=1S/C24H25ClF2N4O5/c1-14-10-18(8-9-19(14)36-13-20(26)27)28-22-29-23(33)31(11-15(2)21(32)35-3)24(34)30(22)12-16-4-6-17(25)7-5-16/h4-10,15,20H,11-13H2,1-3H3,(H,28,29,33)/t15-/m0/s1. The van der Waals surface area contributed by atoms with Crippen LogP contribution in [0.5, 0.6) is 5.75 Å². The maximum atomic E-state index is 13.4. The van der Waals surface area contributed by atoms with Crippen LogP contribution >= 0.6 is 11.6 Å². The molecule has 2 aromatic carbocycles. The Kier molecular flexibility index (Phi) is 8.81. The number of halogens is 3. The van der Waals surface area contributed by atoms with Crippen LogP contribution in [0.15, 0.2) is 52.1 Å². The van der Waals surface area contributed by atoms with Gasteiger partial charge in [-0.25, -0.2) is 22.9 Å². The number of aryl methyl sites for hydroxylation is 1. The summed E-state index contributed by atoms with van der Waals surface area (Å²) in [6.45, 7) is 2.30. The number of nitrogens with zero attached hydrogens (tertiary/aromatic N) is 3. The minimum atomic E-state index is -2.61. The van der Waals surface area contributed by atoms with Crippen molar-refractivity contribution in [3.05, 3.63) is 79.6 Å². The Bertz CT molecular complexity index is 1340. The quantitative estimate of drug-likeness (QED) is 0.406. The highest BCUT2D eigenvalue weighted by Crippen LogP contribution is 2.24. The van der Waals surface area contributed by atoms with E-state index in [1.54, 1.807) is 43.3 Å². The van der Waals surface area contributed by atoms with Crippen LogP contribution in [0, 0.1) is 12.8 Å². The summed E-state index contributed by atoms with van der Waals surface area (Å²) in [6.07, 6.45) is -2.61. The monoisotopic (exact) mass is 522 g/mol. The fourth-order valence-electron chi connectivity index (χ4n) is 3.42. The Labute approximate surface area is 210 Å². The van der Waals surface area contributed by atoms with E-state index in [4.69, 9.17) is 21.1 Å². The molecule has 0 aliphatic heterocycles. The zero-order valence-corrected chi connectivity index (χ0v) is 20.6. The minimum absolute atomic E-state index is 0.0393. The molecule has 0 saturated carbocycles. The van der Waals surface area contributed by atoms with Gasteiger partial charge in [0.25, 0.3) is 6.43 Å². The smallest absolute Gasteiger partial charge is 0.354 e. The van der Waals surface area contributed by atoms with Gasteiger partial charge in [-0.15, -0.1) is 0 Å². The molecule has 9 nitrogen and oxygen atoms in total. The number of alkyl halides is 2. The molecule has 1 heterocycles. The molecular formula is C24H25ClF2N4O5. The first-order chi connectivity index (χ1) is 17.1. The first kappa shape index (κ1) is 26.9. The number of esters is 1. The topological polar surface area (TPSA) is 104 Å². The second-order valence-corrected chi connectivity index (χ2v) is 8.49. The van der Waals surface area contributed by atoms with E-state index < -0.39 is 36.3 Å². The lowest BCUT2D eigenvalue weighted by atomic mass is 10.2. The molecule has 0 amide bonds. The molecule has 36 heavy (non-hydrogen) atoms. The van der Waals surface area contributed by atoms with E-state index in [1.165, 1.54) is 24.7 Å². The normalized spacial score (nSPS) is 11.9. The van der Waals surface area contributed by atoms with Crippen LogP contribution in [-0.4, -0.2) is 40.2 Å². The van der Waals surface area contributed by atoms with Gasteiger partial charge in [-0.05, 0) is 48.4 Å². The predicted octanol–water partition coefficient (Wildman–Crippen LogP) is 3.61. The van der Waals surface area contributed by atoms with Crippen molar-refractivity contribution in [3.63, 3.8) is 0 Å². The molecular weight excluding hydrogens is 498 g/mol. The highest BCUT2D eigenvalue weighted by molar-refractivity contribution is 6.30. The number of anilines is 2. The second kappa shape index (κ2) is 11.8. The van der Waals surface area contributed by atoms with Crippen molar-refractivity contribution in [2.24, 2.45) is 5.92 Å². The van der Waals surface area contributed by atoms with Crippen LogP contribution in [0.4, 0.5) is 20.4 Å².